The second-order valence-electron chi connectivity index (χ2n) is 7.22. The Labute approximate surface area is 147 Å². The first kappa shape index (κ1) is 16.3. The molecule has 4 rings (SSSR count). The van der Waals surface area contributed by atoms with Gasteiger partial charge < -0.3 is 14.4 Å². The predicted octanol–water partition coefficient (Wildman–Crippen LogP) is 2.31. The minimum atomic E-state index is -0.651. The third-order valence-corrected chi connectivity index (χ3v) is 5.75. The van der Waals surface area contributed by atoms with Gasteiger partial charge in [0.25, 0.3) is 0 Å². The van der Waals surface area contributed by atoms with Gasteiger partial charge in [0, 0.05) is 6.04 Å². The van der Waals surface area contributed by atoms with E-state index in [9.17, 15) is 9.59 Å². The van der Waals surface area contributed by atoms with E-state index in [1.54, 1.807) is 0 Å². The lowest BCUT2D eigenvalue weighted by Gasteiger charge is -2.26. The van der Waals surface area contributed by atoms with Gasteiger partial charge in [-0.3, -0.25) is 9.59 Å². The van der Waals surface area contributed by atoms with E-state index in [0.29, 0.717) is 6.54 Å². The van der Waals surface area contributed by atoms with Crippen LogP contribution in [0.5, 0.6) is 0 Å². The zero-order valence-corrected chi connectivity index (χ0v) is 14.6. The first-order chi connectivity index (χ1) is 12.1. The molecule has 1 aromatic carbocycles. The molecule has 2 bridgehead atoms. The summed E-state index contributed by atoms with van der Waals surface area (Å²) in [5.74, 6) is -1.33. The lowest BCUT2D eigenvalue weighted by atomic mass is 9.77. The van der Waals surface area contributed by atoms with Gasteiger partial charge in [-0.15, -0.1) is 0 Å². The Kier molecular flexibility index (Phi) is 3.91. The van der Waals surface area contributed by atoms with Gasteiger partial charge in [-0.25, -0.2) is 0 Å². The predicted molar refractivity (Wildman–Crippen MR) is 91.4 cm³/mol. The molecule has 1 spiro atoms. The van der Waals surface area contributed by atoms with Crippen LogP contribution in [0, 0.1) is 11.8 Å². The van der Waals surface area contributed by atoms with Gasteiger partial charge >= 0.3 is 5.97 Å². The Bertz CT molecular complexity index is 716. The van der Waals surface area contributed by atoms with Crippen LogP contribution in [0.25, 0.3) is 0 Å². The number of esters is 1. The average Bonchev–Trinajstić information content (AvgIpc) is 3.28. The van der Waals surface area contributed by atoms with Crippen LogP contribution in [0.4, 0.5) is 0 Å². The summed E-state index contributed by atoms with van der Waals surface area (Å²) in [6.07, 6.45) is 4.42. The molecule has 0 unspecified atom stereocenters. The van der Waals surface area contributed by atoms with Gasteiger partial charge in [0.2, 0.25) is 5.91 Å². The number of rotatable bonds is 5. The smallest absolute Gasteiger partial charge is 0.313 e. The van der Waals surface area contributed by atoms with E-state index in [1.807, 2.05) is 54.3 Å². The van der Waals surface area contributed by atoms with Gasteiger partial charge in [0.1, 0.15) is 18.1 Å². The van der Waals surface area contributed by atoms with Crippen LogP contribution >= 0.6 is 0 Å². The summed E-state index contributed by atoms with van der Waals surface area (Å²) in [5.41, 5.74) is 0.283. The molecule has 3 aliphatic rings. The Morgan fingerprint density at radius 2 is 2.16 bits per heavy atom. The van der Waals surface area contributed by atoms with Crippen molar-refractivity contribution in [3.05, 3.63) is 48.0 Å². The summed E-state index contributed by atoms with van der Waals surface area (Å²) in [7, 11) is 0. The van der Waals surface area contributed by atoms with Crippen LogP contribution in [0.15, 0.2) is 42.5 Å². The van der Waals surface area contributed by atoms with E-state index >= 15 is 0 Å². The molecule has 0 radical (unpaired) electrons. The number of hydrogen-bond acceptors (Lipinski definition) is 4. The molecule has 0 aromatic heterocycles. The number of nitrogens with zero attached hydrogens (tertiary/aromatic N) is 1. The maximum Gasteiger partial charge on any atom is 0.313 e. The largest absolute Gasteiger partial charge is 0.460 e. The van der Waals surface area contributed by atoms with Crippen molar-refractivity contribution in [2.24, 2.45) is 11.8 Å². The molecule has 2 saturated heterocycles. The number of ether oxygens (including phenoxy) is 2. The molecule has 1 aromatic rings. The molecular formula is C20H23NO4. The maximum absolute atomic E-state index is 13.0. The van der Waals surface area contributed by atoms with Gasteiger partial charge in [0.05, 0.1) is 18.6 Å². The molecule has 0 saturated carbocycles. The van der Waals surface area contributed by atoms with E-state index < -0.39 is 17.4 Å². The Morgan fingerprint density at radius 1 is 1.40 bits per heavy atom. The number of amides is 1. The van der Waals surface area contributed by atoms with E-state index in [2.05, 4.69) is 6.92 Å². The molecule has 5 heteroatoms. The number of hydrogen-bond donors (Lipinski definition) is 0. The molecule has 132 valence electrons. The van der Waals surface area contributed by atoms with E-state index in [0.717, 1.165) is 12.0 Å². The maximum atomic E-state index is 13.0. The molecular weight excluding hydrogens is 318 g/mol. The van der Waals surface area contributed by atoms with Crippen molar-refractivity contribution >= 4 is 11.9 Å². The summed E-state index contributed by atoms with van der Waals surface area (Å²) in [5, 5.41) is 0. The first-order valence-electron chi connectivity index (χ1n) is 8.94. The van der Waals surface area contributed by atoms with Crippen molar-refractivity contribution in [2.45, 2.75) is 44.6 Å². The molecule has 25 heavy (non-hydrogen) atoms. The molecule has 1 amide bonds. The fraction of sp³-hybridized carbons (Fsp3) is 0.500. The summed E-state index contributed by atoms with van der Waals surface area (Å²) in [6, 6.07) is 9.71. The normalized spacial score (nSPS) is 33.6. The number of carbonyl (C=O) groups excluding carboxylic acids is 2. The van der Waals surface area contributed by atoms with Crippen molar-refractivity contribution in [2.75, 3.05) is 6.54 Å². The van der Waals surface area contributed by atoms with Gasteiger partial charge in [-0.1, -0.05) is 49.4 Å². The number of benzene rings is 1. The van der Waals surface area contributed by atoms with E-state index in [1.165, 1.54) is 0 Å². The van der Waals surface area contributed by atoms with E-state index in [4.69, 9.17) is 9.47 Å². The third kappa shape index (κ3) is 2.49. The molecule has 0 aliphatic carbocycles. The number of likely N-dealkylation sites (tertiary alicyclic amines) is 1. The highest BCUT2D eigenvalue weighted by atomic mass is 16.6. The summed E-state index contributed by atoms with van der Waals surface area (Å²) >= 11 is 0. The van der Waals surface area contributed by atoms with Crippen molar-refractivity contribution in [1.29, 1.82) is 0 Å². The average molecular weight is 341 g/mol. The number of carbonyl (C=O) groups is 2. The van der Waals surface area contributed by atoms with Gasteiger partial charge in [0.15, 0.2) is 0 Å². The third-order valence-electron chi connectivity index (χ3n) is 5.75. The van der Waals surface area contributed by atoms with E-state index in [-0.39, 0.29) is 30.6 Å². The lowest BCUT2D eigenvalue weighted by Crippen LogP contribution is -2.41. The lowest BCUT2D eigenvalue weighted by molar-refractivity contribution is -0.155. The van der Waals surface area contributed by atoms with Gasteiger partial charge in [-0.05, 0) is 18.9 Å². The fourth-order valence-corrected chi connectivity index (χ4v) is 4.22. The molecule has 3 heterocycles. The van der Waals surface area contributed by atoms with Crippen LogP contribution in [-0.4, -0.2) is 41.1 Å². The Morgan fingerprint density at radius 3 is 2.88 bits per heavy atom. The molecule has 3 aliphatic heterocycles. The van der Waals surface area contributed by atoms with Crippen LogP contribution in [-0.2, 0) is 25.7 Å². The monoisotopic (exact) mass is 341 g/mol. The van der Waals surface area contributed by atoms with Crippen LogP contribution in [0.1, 0.15) is 25.8 Å². The van der Waals surface area contributed by atoms with Crippen molar-refractivity contribution in [3.63, 3.8) is 0 Å². The fourth-order valence-electron chi connectivity index (χ4n) is 4.22. The molecule has 2 fully saturated rings. The Hall–Kier alpha value is -2.14. The van der Waals surface area contributed by atoms with Crippen molar-refractivity contribution in [3.8, 4) is 0 Å². The van der Waals surface area contributed by atoms with Crippen LogP contribution < -0.4 is 0 Å². The zero-order chi connectivity index (χ0) is 17.6. The number of fused-ring (bicyclic) bond motifs is 1. The quantitative estimate of drug-likeness (QED) is 0.609. The topological polar surface area (TPSA) is 55.8 Å². The summed E-state index contributed by atoms with van der Waals surface area (Å²) < 4.78 is 11.6. The van der Waals surface area contributed by atoms with Crippen LogP contribution in [0.2, 0.25) is 0 Å². The highest BCUT2D eigenvalue weighted by molar-refractivity contribution is 5.91. The molecule has 5 nitrogen and oxygen atoms in total. The second-order valence-corrected chi connectivity index (χ2v) is 7.22. The van der Waals surface area contributed by atoms with Gasteiger partial charge in [-0.2, -0.15) is 0 Å². The van der Waals surface area contributed by atoms with Crippen LogP contribution in [0.3, 0.4) is 0 Å². The highest BCUT2D eigenvalue weighted by Crippen LogP contribution is 2.52. The summed E-state index contributed by atoms with van der Waals surface area (Å²) in [6.45, 7) is 4.84. The minimum absolute atomic E-state index is 0.0165. The highest BCUT2D eigenvalue weighted by Gasteiger charge is 2.67. The van der Waals surface area contributed by atoms with Crippen molar-refractivity contribution in [1.82, 2.24) is 4.90 Å². The standard InChI is InChI=1S/C20H23NO4/c1-3-13(2)21-12-20-10-9-15(25-20)16(17(20)18(21)22)19(23)24-11-14-7-5-4-6-8-14/h4-10,13,15-17H,3,11-12H2,1-2H3/t13-,15+,16-,17-,20+/m1/s1. The zero-order valence-electron chi connectivity index (χ0n) is 14.6. The second kappa shape index (κ2) is 5.99. The molecule has 0 N–H and O–H groups in total. The molecule has 5 atom stereocenters. The SMILES string of the molecule is CC[C@@H](C)N1C[C@]23C=C[C@H](O2)[C@@H](C(=O)OCc2ccccc2)[C@@H]3C1=O. The van der Waals surface area contributed by atoms with Crippen molar-refractivity contribution < 1.29 is 19.1 Å². The first-order valence-corrected chi connectivity index (χ1v) is 8.94. The summed E-state index contributed by atoms with van der Waals surface area (Å²) in [4.78, 5) is 27.6. The Balaban J connectivity index is 1.52. The minimum Gasteiger partial charge on any atom is -0.460 e.